The lowest BCUT2D eigenvalue weighted by Crippen LogP contribution is -2.07. The van der Waals surface area contributed by atoms with E-state index in [4.69, 9.17) is 0 Å². The van der Waals surface area contributed by atoms with Gasteiger partial charge in [0.1, 0.15) is 0 Å². The van der Waals surface area contributed by atoms with Gasteiger partial charge in [0, 0.05) is 23.3 Å². The van der Waals surface area contributed by atoms with Crippen LogP contribution in [-0.2, 0) is 0 Å². The van der Waals surface area contributed by atoms with Crippen LogP contribution < -0.4 is 5.43 Å². The van der Waals surface area contributed by atoms with Crippen molar-refractivity contribution in [3.05, 3.63) is 101 Å². The van der Waals surface area contributed by atoms with Crippen LogP contribution in [0, 0.1) is 17.5 Å². The number of hydrogen-bond donors (Lipinski definition) is 1. The van der Waals surface area contributed by atoms with Crippen LogP contribution in [0.4, 0.5) is 18.9 Å². The van der Waals surface area contributed by atoms with Gasteiger partial charge in [0.05, 0.1) is 11.4 Å². The Kier molecular flexibility index (Phi) is 4.61. The monoisotopic (exact) mass is 326 g/mol. The van der Waals surface area contributed by atoms with E-state index in [1.165, 1.54) is 0 Å². The van der Waals surface area contributed by atoms with Crippen molar-refractivity contribution in [1.82, 2.24) is 0 Å². The molecule has 3 aromatic carbocycles. The smallest absolute Gasteiger partial charge is 0.194 e. The van der Waals surface area contributed by atoms with Gasteiger partial charge < -0.3 is 0 Å². The molecule has 24 heavy (non-hydrogen) atoms. The third kappa shape index (κ3) is 3.46. The van der Waals surface area contributed by atoms with Crippen LogP contribution in [-0.4, -0.2) is 5.71 Å². The second-order valence-electron chi connectivity index (χ2n) is 5.06. The van der Waals surface area contributed by atoms with Crippen molar-refractivity contribution in [2.45, 2.75) is 0 Å². The van der Waals surface area contributed by atoms with Crippen molar-refractivity contribution in [3.8, 4) is 0 Å². The van der Waals surface area contributed by atoms with Gasteiger partial charge in [-0.05, 0) is 0 Å². The zero-order valence-electron chi connectivity index (χ0n) is 12.5. The van der Waals surface area contributed by atoms with Crippen molar-refractivity contribution in [3.63, 3.8) is 0 Å². The van der Waals surface area contributed by atoms with Crippen LogP contribution in [0.2, 0.25) is 0 Å². The predicted octanol–water partition coefficient (Wildman–Crippen LogP) is 4.97. The van der Waals surface area contributed by atoms with Crippen LogP contribution >= 0.6 is 0 Å². The number of halogens is 3. The molecule has 0 amide bonds. The highest BCUT2D eigenvalue weighted by Crippen LogP contribution is 2.18. The lowest BCUT2D eigenvalue weighted by molar-refractivity contribution is 0.448. The lowest BCUT2D eigenvalue weighted by Gasteiger charge is -2.09. The van der Waals surface area contributed by atoms with Crippen molar-refractivity contribution >= 4 is 11.4 Å². The first-order chi connectivity index (χ1) is 11.6. The third-order valence-electron chi connectivity index (χ3n) is 3.38. The highest BCUT2D eigenvalue weighted by Gasteiger charge is 2.11. The largest absolute Gasteiger partial charge is 0.278 e. The molecule has 0 fully saturated rings. The van der Waals surface area contributed by atoms with Crippen LogP contribution in [0.15, 0.2) is 77.9 Å². The fourth-order valence-corrected chi connectivity index (χ4v) is 2.23. The SMILES string of the molecule is Fc1cc(NN=C(c2ccccc2)c2ccccc2)cc(F)c1F. The minimum atomic E-state index is -1.50. The molecule has 0 atom stereocenters. The van der Waals surface area contributed by atoms with Gasteiger partial charge in [-0.3, -0.25) is 5.43 Å². The number of rotatable bonds is 4. The molecule has 3 aromatic rings. The topological polar surface area (TPSA) is 24.4 Å². The van der Waals surface area contributed by atoms with Crippen LogP contribution in [0.3, 0.4) is 0 Å². The highest BCUT2D eigenvalue weighted by molar-refractivity contribution is 6.13. The number of hydrazone groups is 1. The molecule has 0 aliphatic carbocycles. The number of anilines is 1. The van der Waals surface area contributed by atoms with Gasteiger partial charge in [-0.1, -0.05) is 60.7 Å². The van der Waals surface area contributed by atoms with E-state index in [1.807, 2.05) is 60.7 Å². The number of nitrogens with zero attached hydrogens (tertiary/aromatic N) is 1. The van der Waals surface area contributed by atoms with Gasteiger partial charge in [-0.15, -0.1) is 0 Å². The maximum absolute atomic E-state index is 13.3. The van der Waals surface area contributed by atoms with E-state index in [9.17, 15) is 13.2 Å². The first-order valence-corrected chi connectivity index (χ1v) is 7.24. The summed E-state index contributed by atoms with van der Waals surface area (Å²) in [6.45, 7) is 0. The Hall–Kier alpha value is -3.08. The summed E-state index contributed by atoms with van der Waals surface area (Å²) < 4.78 is 39.6. The maximum atomic E-state index is 13.3. The molecule has 0 unspecified atom stereocenters. The van der Waals surface area contributed by atoms with Gasteiger partial charge in [-0.2, -0.15) is 5.10 Å². The molecule has 0 aliphatic heterocycles. The van der Waals surface area contributed by atoms with E-state index in [1.54, 1.807) is 0 Å². The summed E-state index contributed by atoms with van der Waals surface area (Å²) >= 11 is 0. The van der Waals surface area contributed by atoms with Gasteiger partial charge in [0.25, 0.3) is 0 Å². The normalized spacial score (nSPS) is 10.3. The molecule has 0 saturated heterocycles. The second kappa shape index (κ2) is 7.00. The molecule has 5 heteroatoms. The molecule has 3 rings (SSSR count). The highest BCUT2D eigenvalue weighted by atomic mass is 19.2. The molecule has 120 valence electrons. The second-order valence-corrected chi connectivity index (χ2v) is 5.06. The molecule has 0 bridgehead atoms. The molecule has 0 spiro atoms. The predicted molar refractivity (Wildman–Crippen MR) is 88.5 cm³/mol. The molecule has 0 aliphatic rings. The van der Waals surface area contributed by atoms with Crippen molar-refractivity contribution in [2.24, 2.45) is 5.10 Å². The van der Waals surface area contributed by atoms with Crippen molar-refractivity contribution < 1.29 is 13.2 Å². The Balaban J connectivity index is 1.99. The molecule has 0 aromatic heterocycles. The molecule has 0 radical (unpaired) electrons. The van der Waals surface area contributed by atoms with E-state index >= 15 is 0 Å². The number of hydrogen-bond acceptors (Lipinski definition) is 2. The summed E-state index contributed by atoms with van der Waals surface area (Å²) in [5.74, 6) is -4.04. The standard InChI is InChI=1S/C19H13F3N2/c20-16-11-15(12-17(21)18(16)22)23-24-19(13-7-3-1-4-8-13)14-9-5-2-6-10-14/h1-12,23H. The average molecular weight is 326 g/mol. The van der Waals surface area contributed by atoms with Gasteiger partial charge >= 0.3 is 0 Å². The Bertz CT molecular complexity index is 798. The zero-order valence-corrected chi connectivity index (χ0v) is 12.5. The Morgan fingerprint density at radius 1 is 0.708 bits per heavy atom. The van der Waals surface area contributed by atoms with Gasteiger partial charge in [-0.25, -0.2) is 13.2 Å². The van der Waals surface area contributed by atoms with Crippen LogP contribution in [0.5, 0.6) is 0 Å². The Morgan fingerprint density at radius 3 is 1.62 bits per heavy atom. The van der Waals surface area contributed by atoms with E-state index in [0.717, 1.165) is 23.3 Å². The van der Waals surface area contributed by atoms with E-state index in [0.29, 0.717) is 5.71 Å². The van der Waals surface area contributed by atoms with Gasteiger partial charge in [0.2, 0.25) is 0 Å². The Labute approximate surface area is 137 Å². The summed E-state index contributed by atoms with van der Waals surface area (Å²) in [5, 5.41) is 4.26. The molecule has 2 nitrogen and oxygen atoms in total. The first-order valence-electron chi connectivity index (χ1n) is 7.24. The maximum Gasteiger partial charge on any atom is 0.194 e. The fourth-order valence-electron chi connectivity index (χ4n) is 2.23. The molecular weight excluding hydrogens is 313 g/mol. The van der Waals surface area contributed by atoms with Crippen molar-refractivity contribution in [1.29, 1.82) is 0 Å². The van der Waals surface area contributed by atoms with Gasteiger partial charge in [0.15, 0.2) is 17.5 Å². The average Bonchev–Trinajstić information content (AvgIpc) is 2.61. The van der Waals surface area contributed by atoms with E-state index in [-0.39, 0.29) is 5.69 Å². The summed E-state index contributed by atoms with van der Waals surface area (Å²) in [4.78, 5) is 0. The minimum absolute atomic E-state index is 0.0239. The zero-order chi connectivity index (χ0) is 16.9. The Morgan fingerprint density at radius 2 is 1.17 bits per heavy atom. The summed E-state index contributed by atoms with van der Waals surface area (Å²) in [7, 11) is 0. The summed E-state index contributed by atoms with van der Waals surface area (Å²) in [5.41, 5.74) is 4.88. The molecular formula is C19H13F3N2. The molecule has 0 heterocycles. The van der Waals surface area contributed by atoms with Crippen molar-refractivity contribution in [2.75, 3.05) is 5.43 Å². The lowest BCUT2D eigenvalue weighted by atomic mass is 10.0. The van der Waals surface area contributed by atoms with Crippen LogP contribution in [0.25, 0.3) is 0 Å². The quantitative estimate of drug-likeness (QED) is 0.409. The minimum Gasteiger partial charge on any atom is -0.278 e. The molecule has 0 saturated carbocycles. The van der Waals surface area contributed by atoms with E-state index in [2.05, 4.69) is 10.5 Å². The van der Waals surface area contributed by atoms with Crippen LogP contribution in [0.1, 0.15) is 11.1 Å². The molecule has 1 N–H and O–H groups in total. The van der Waals surface area contributed by atoms with E-state index < -0.39 is 17.5 Å². The number of nitrogens with one attached hydrogen (secondary N) is 1. The summed E-state index contributed by atoms with van der Waals surface area (Å²) in [6.07, 6.45) is 0. The third-order valence-corrected chi connectivity index (χ3v) is 3.38. The first kappa shape index (κ1) is 15.8. The summed E-state index contributed by atoms with van der Waals surface area (Å²) in [6, 6.07) is 20.4. The fraction of sp³-hybridized carbons (Fsp3) is 0. The number of benzene rings is 3.